The van der Waals surface area contributed by atoms with Gasteiger partial charge in [-0.05, 0) is 136 Å². The van der Waals surface area contributed by atoms with Crippen LogP contribution in [0, 0.1) is 5.92 Å². The third-order valence-electron chi connectivity index (χ3n) is 13.7. The second-order valence-electron chi connectivity index (χ2n) is 19.5. The minimum atomic E-state index is -1.36. The highest BCUT2D eigenvalue weighted by molar-refractivity contribution is 7.99. The molecule has 2 aliphatic rings. The SMILES string of the molecule is CC(CN1c2ccccc2Sc2ccccc21)N(C)C.COc1ccc2cc([C@H](C)C(=O)O)ccc2c1.COc1cccc([C@@]2(O)CCCC[C@@H]2CN(C)C)c1.NC(=O)CS(=O)C(c1ccccc1)c1ccccc1. The molecule has 1 fully saturated rings. The van der Waals surface area contributed by atoms with Gasteiger partial charge in [0.2, 0.25) is 5.91 Å². The van der Waals surface area contributed by atoms with Crippen LogP contribution >= 0.6 is 11.8 Å². The standard InChI is InChI=1S/C17H20N2S.C16H25NO2.C15H15NO2S.C14H14O3/c1-13(18(2)3)12-19-14-8-4-6-10-16(14)20-17-11-7-5-9-15(17)19;1-17(2)12-14-7-4-5-10-16(14,18)13-8-6-9-15(11-13)19-3;16-14(17)11-19(18)15(12-7-3-1-4-8-12)13-9-5-2-6-10-13;1-9(14(15)16)10-3-4-12-8-13(17-2)6-5-11(12)7-10/h4-11,13H,12H2,1-3H3;6,8-9,11,14,18H,4-5,7,10,12H2,1-3H3;1-10,15H,11H2,(H2,16,17);3-9H,1-2H3,(H,15,16)/t;14-,16+;;9-/m.1.0/s1. The third-order valence-corrected chi connectivity index (χ3v) is 16.5. The van der Waals surface area contributed by atoms with Gasteiger partial charge in [-0.15, -0.1) is 0 Å². The van der Waals surface area contributed by atoms with Crippen LogP contribution in [0.2, 0.25) is 0 Å². The van der Waals surface area contributed by atoms with Crippen molar-refractivity contribution in [1.82, 2.24) is 9.80 Å². The molecule has 1 saturated carbocycles. The predicted molar refractivity (Wildman–Crippen MR) is 308 cm³/mol. The zero-order valence-electron chi connectivity index (χ0n) is 44.6. The first-order valence-corrected chi connectivity index (χ1v) is 27.6. The van der Waals surface area contributed by atoms with E-state index in [-0.39, 0.29) is 11.0 Å². The smallest absolute Gasteiger partial charge is 0.310 e. The van der Waals surface area contributed by atoms with Crippen molar-refractivity contribution >= 4 is 56.6 Å². The van der Waals surface area contributed by atoms with Crippen molar-refractivity contribution in [3.63, 3.8) is 0 Å². The molecule has 0 saturated heterocycles. The second kappa shape index (κ2) is 27.9. The van der Waals surface area contributed by atoms with Crippen molar-refractivity contribution in [2.75, 3.05) is 66.2 Å². The molecule has 0 radical (unpaired) electrons. The number of amides is 1. The Hall–Kier alpha value is -6.48. The number of ether oxygens (including phenoxy) is 2. The van der Waals surface area contributed by atoms with Crippen LogP contribution in [0.1, 0.15) is 73.0 Å². The Balaban J connectivity index is 0.000000163. The van der Waals surface area contributed by atoms with E-state index in [9.17, 15) is 18.9 Å². The summed E-state index contributed by atoms with van der Waals surface area (Å²) in [4.78, 5) is 31.5. The summed E-state index contributed by atoms with van der Waals surface area (Å²) < 4.78 is 22.8. The van der Waals surface area contributed by atoms with Gasteiger partial charge in [0.15, 0.2) is 0 Å². The summed E-state index contributed by atoms with van der Waals surface area (Å²) in [5.41, 5.74) is 10.8. The Labute approximate surface area is 451 Å². The fourth-order valence-electron chi connectivity index (χ4n) is 9.35. The fraction of sp³-hybridized carbons (Fsp3) is 0.323. The third kappa shape index (κ3) is 15.8. The highest BCUT2D eigenvalue weighted by Crippen LogP contribution is 2.48. The summed E-state index contributed by atoms with van der Waals surface area (Å²) in [7, 11) is 10.4. The summed E-state index contributed by atoms with van der Waals surface area (Å²) in [6.07, 6.45) is 4.24. The van der Waals surface area contributed by atoms with Gasteiger partial charge >= 0.3 is 5.97 Å². The number of nitrogens with zero attached hydrogens (tertiary/aromatic N) is 3. The molecule has 13 heteroatoms. The number of nitrogens with two attached hydrogens (primary N) is 1. The van der Waals surface area contributed by atoms with Crippen molar-refractivity contribution in [2.45, 2.75) is 72.1 Å². The first-order chi connectivity index (χ1) is 36.0. The lowest BCUT2D eigenvalue weighted by atomic mass is 9.71. The summed E-state index contributed by atoms with van der Waals surface area (Å²) in [5, 5.41) is 21.9. The zero-order valence-corrected chi connectivity index (χ0v) is 46.2. The van der Waals surface area contributed by atoms with Crippen molar-refractivity contribution in [3.8, 4) is 11.5 Å². The molecule has 9 rings (SSSR count). The van der Waals surface area contributed by atoms with Crippen LogP contribution in [0.5, 0.6) is 11.5 Å². The number of methoxy groups -OCH3 is 2. The number of carboxylic acid groups (broad SMARTS) is 1. The number of primary amides is 1. The van der Waals surface area contributed by atoms with Gasteiger partial charge in [-0.2, -0.15) is 0 Å². The van der Waals surface area contributed by atoms with Crippen molar-refractivity contribution < 1.29 is 33.5 Å². The largest absolute Gasteiger partial charge is 0.497 e. The Bertz CT molecular complexity index is 2870. The van der Waals surface area contributed by atoms with Crippen LogP contribution < -0.4 is 20.1 Å². The lowest BCUT2D eigenvalue weighted by Gasteiger charge is -2.41. The zero-order chi connectivity index (χ0) is 54.1. The monoisotopic (exact) mass is 1050 g/mol. The molecular formula is C62H74N4O7S2. The number of hydrogen-bond donors (Lipinski definition) is 3. The number of anilines is 2. The van der Waals surface area contributed by atoms with E-state index in [4.69, 9.17) is 20.3 Å². The van der Waals surface area contributed by atoms with Gasteiger partial charge < -0.3 is 40.1 Å². The Morgan fingerprint density at radius 1 is 0.707 bits per heavy atom. The molecule has 1 aliphatic carbocycles. The number of carboxylic acids is 1. The highest BCUT2D eigenvalue weighted by Gasteiger charge is 2.40. The van der Waals surface area contributed by atoms with E-state index in [1.807, 2.05) is 133 Å². The number of benzene rings is 7. The van der Waals surface area contributed by atoms with E-state index in [1.54, 1.807) is 21.1 Å². The summed E-state index contributed by atoms with van der Waals surface area (Å²) in [5.74, 6) is -0.0522. The molecule has 5 atom stereocenters. The molecule has 0 bridgehead atoms. The molecule has 0 aromatic heterocycles. The Morgan fingerprint density at radius 3 is 1.80 bits per heavy atom. The fourth-order valence-corrected chi connectivity index (χ4v) is 11.8. The van der Waals surface area contributed by atoms with Crippen LogP contribution in [-0.4, -0.2) is 103 Å². The first-order valence-electron chi connectivity index (χ1n) is 25.4. The van der Waals surface area contributed by atoms with Gasteiger partial charge in [0, 0.05) is 45.6 Å². The highest BCUT2D eigenvalue weighted by atomic mass is 32.2. The van der Waals surface area contributed by atoms with Crippen LogP contribution in [-0.2, 0) is 26.0 Å². The number of aliphatic carboxylic acids is 1. The average Bonchev–Trinajstić information content (AvgIpc) is 3.41. The van der Waals surface area contributed by atoms with E-state index in [2.05, 4.69) is 98.3 Å². The average molecular weight is 1050 g/mol. The number of carbonyl (C=O) groups excluding carboxylic acids is 1. The van der Waals surface area contributed by atoms with Crippen LogP contribution in [0.25, 0.3) is 10.8 Å². The molecule has 396 valence electrons. The Kier molecular flexibility index (Phi) is 21.5. The van der Waals surface area contributed by atoms with Crippen molar-refractivity contribution in [1.29, 1.82) is 0 Å². The summed E-state index contributed by atoms with van der Waals surface area (Å²) in [6.45, 7) is 5.88. The predicted octanol–water partition coefficient (Wildman–Crippen LogP) is 11.9. The van der Waals surface area contributed by atoms with Gasteiger partial charge in [-0.25, -0.2) is 0 Å². The van der Waals surface area contributed by atoms with E-state index < -0.39 is 34.2 Å². The molecule has 1 aliphatic heterocycles. The normalized spacial score (nSPS) is 16.9. The Morgan fingerprint density at radius 2 is 1.25 bits per heavy atom. The molecule has 7 aromatic carbocycles. The first kappa shape index (κ1) is 57.8. The van der Waals surface area contributed by atoms with E-state index in [1.165, 1.54) is 27.6 Å². The van der Waals surface area contributed by atoms with E-state index in [0.29, 0.717) is 12.0 Å². The molecule has 75 heavy (non-hydrogen) atoms. The number of para-hydroxylation sites is 2. The van der Waals surface area contributed by atoms with Crippen LogP contribution in [0.4, 0.5) is 11.4 Å². The number of aliphatic hydroxyl groups is 1. The minimum absolute atomic E-state index is 0.131. The van der Waals surface area contributed by atoms with Crippen molar-refractivity contribution in [3.05, 3.63) is 192 Å². The number of fused-ring (bicyclic) bond motifs is 3. The van der Waals surface area contributed by atoms with Gasteiger partial charge in [-0.3, -0.25) is 13.8 Å². The maximum Gasteiger partial charge on any atom is 0.310 e. The van der Waals surface area contributed by atoms with Crippen molar-refractivity contribution in [2.24, 2.45) is 11.7 Å². The summed E-state index contributed by atoms with van der Waals surface area (Å²) >= 11 is 1.87. The molecule has 11 nitrogen and oxygen atoms in total. The second-order valence-corrected chi connectivity index (χ2v) is 22.2. The van der Waals surface area contributed by atoms with E-state index >= 15 is 0 Å². The molecular weight excluding hydrogens is 977 g/mol. The quantitative estimate of drug-likeness (QED) is 0.0902. The topological polar surface area (TPSA) is 146 Å². The molecule has 7 aromatic rings. The number of hydrogen-bond acceptors (Lipinski definition) is 10. The van der Waals surface area contributed by atoms with Crippen LogP contribution in [0.3, 0.4) is 0 Å². The lowest BCUT2D eigenvalue weighted by Crippen LogP contribution is -2.43. The molecule has 2 unspecified atom stereocenters. The molecule has 4 N–H and O–H groups in total. The number of rotatable bonds is 15. The maximum absolute atomic E-state index is 12.4. The lowest BCUT2D eigenvalue weighted by molar-refractivity contribution is -0.138. The van der Waals surface area contributed by atoms with Gasteiger partial charge in [0.1, 0.15) is 17.3 Å². The van der Waals surface area contributed by atoms with Gasteiger partial charge in [0.25, 0.3) is 0 Å². The van der Waals surface area contributed by atoms with Gasteiger partial charge in [0.05, 0.1) is 42.4 Å². The number of carbonyl (C=O) groups is 2. The number of likely N-dealkylation sites (N-methyl/N-ethyl adjacent to an activating group) is 1. The summed E-state index contributed by atoms with van der Waals surface area (Å²) in [6, 6.07) is 56.2. The van der Waals surface area contributed by atoms with E-state index in [0.717, 1.165) is 76.9 Å². The molecule has 1 amide bonds. The minimum Gasteiger partial charge on any atom is -0.497 e. The maximum atomic E-state index is 12.4. The molecule has 0 spiro atoms. The van der Waals surface area contributed by atoms with Gasteiger partial charge in [-0.1, -0.05) is 146 Å². The molecule has 1 heterocycles. The van der Waals surface area contributed by atoms with Crippen LogP contribution in [0.15, 0.2) is 180 Å².